The Morgan fingerprint density at radius 2 is 2.00 bits per heavy atom. The molecule has 9 heteroatoms. The number of benzene rings is 2. The van der Waals surface area contributed by atoms with Crippen LogP contribution in [0.25, 0.3) is 11.3 Å². The van der Waals surface area contributed by atoms with E-state index >= 15 is 0 Å². The van der Waals surface area contributed by atoms with Crippen molar-refractivity contribution in [3.8, 4) is 17.0 Å². The molecule has 29 heavy (non-hydrogen) atoms. The number of methoxy groups -OCH3 is 1. The molecule has 2 amide bonds. The number of carbonyl (C=O) groups is 2. The molecule has 150 valence electrons. The summed E-state index contributed by atoms with van der Waals surface area (Å²) in [6.45, 7) is 1.95. The number of halogens is 1. The third-order valence-electron chi connectivity index (χ3n) is 3.82. The van der Waals surface area contributed by atoms with E-state index in [1.165, 1.54) is 36.6 Å². The first kappa shape index (κ1) is 20.3. The van der Waals surface area contributed by atoms with Crippen molar-refractivity contribution in [1.82, 2.24) is 4.98 Å². The van der Waals surface area contributed by atoms with E-state index < -0.39 is 11.9 Å². The van der Waals surface area contributed by atoms with Gasteiger partial charge in [0.1, 0.15) is 0 Å². The Balaban J connectivity index is 1.70. The molecule has 0 aliphatic carbocycles. The van der Waals surface area contributed by atoms with Gasteiger partial charge in [0, 0.05) is 22.2 Å². The number of thiazole rings is 1. The summed E-state index contributed by atoms with van der Waals surface area (Å²) in [5.41, 5.74) is 1.88. The van der Waals surface area contributed by atoms with Crippen molar-refractivity contribution >= 4 is 34.2 Å². The third kappa shape index (κ3) is 5.08. The van der Waals surface area contributed by atoms with Gasteiger partial charge in [-0.2, -0.15) is 0 Å². The van der Waals surface area contributed by atoms with E-state index in [0.29, 0.717) is 27.6 Å². The van der Waals surface area contributed by atoms with Gasteiger partial charge in [0.2, 0.25) is 0 Å². The number of hydrogen-bond donors (Lipinski definition) is 2. The molecule has 7 nitrogen and oxygen atoms in total. The van der Waals surface area contributed by atoms with Crippen molar-refractivity contribution in [2.75, 3.05) is 24.4 Å². The van der Waals surface area contributed by atoms with Crippen LogP contribution in [0.1, 0.15) is 17.3 Å². The van der Waals surface area contributed by atoms with Gasteiger partial charge < -0.3 is 9.47 Å². The molecule has 0 unspecified atom stereocenters. The summed E-state index contributed by atoms with van der Waals surface area (Å²) < 4.78 is 23.6. The minimum absolute atomic E-state index is 0.147. The number of nitrogens with zero attached hydrogens (tertiary/aromatic N) is 1. The van der Waals surface area contributed by atoms with E-state index in [-0.39, 0.29) is 18.3 Å². The monoisotopic (exact) mass is 415 g/mol. The molecule has 3 rings (SSSR count). The molecule has 1 aromatic heterocycles. The van der Waals surface area contributed by atoms with Crippen molar-refractivity contribution in [1.29, 1.82) is 0 Å². The molecule has 0 saturated carbocycles. The summed E-state index contributed by atoms with van der Waals surface area (Å²) in [6, 6.07) is 11.0. The zero-order valence-electron chi connectivity index (χ0n) is 15.7. The van der Waals surface area contributed by atoms with Gasteiger partial charge in [-0.3, -0.25) is 15.4 Å². The summed E-state index contributed by atoms with van der Waals surface area (Å²) in [4.78, 5) is 28.3. The molecule has 2 N–H and O–H groups in total. The molecular formula is C20H18FN3O4S. The lowest BCUT2D eigenvalue weighted by Gasteiger charge is -2.07. The molecule has 0 radical (unpaired) electrons. The van der Waals surface area contributed by atoms with Crippen molar-refractivity contribution in [2.24, 2.45) is 0 Å². The highest BCUT2D eigenvalue weighted by Gasteiger charge is 2.13. The highest BCUT2D eigenvalue weighted by atomic mass is 32.1. The minimum atomic E-state index is -0.596. The second-order valence-corrected chi connectivity index (χ2v) is 6.63. The van der Waals surface area contributed by atoms with E-state index in [9.17, 15) is 14.0 Å². The molecule has 0 bridgehead atoms. The fourth-order valence-corrected chi connectivity index (χ4v) is 3.20. The highest BCUT2D eigenvalue weighted by molar-refractivity contribution is 7.14. The maximum atomic E-state index is 13.9. The summed E-state index contributed by atoms with van der Waals surface area (Å²) in [6.07, 6.45) is -0.596. The Morgan fingerprint density at radius 1 is 1.17 bits per heavy atom. The Bertz CT molecular complexity index is 1040. The number of nitrogens with one attached hydrogen (secondary N) is 2. The van der Waals surface area contributed by atoms with Crippen molar-refractivity contribution in [3.63, 3.8) is 0 Å². The van der Waals surface area contributed by atoms with Gasteiger partial charge in [-0.15, -0.1) is 11.3 Å². The fourth-order valence-electron chi connectivity index (χ4n) is 2.48. The van der Waals surface area contributed by atoms with Gasteiger partial charge in [0.15, 0.2) is 16.7 Å². The zero-order chi connectivity index (χ0) is 20.8. The van der Waals surface area contributed by atoms with Crippen molar-refractivity contribution in [2.45, 2.75) is 6.92 Å². The number of amides is 2. The Hall–Kier alpha value is -3.46. The summed E-state index contributed by atoms with van der Waals surface area (Å²) in [5, 5.41) is 7.32. The summed E-state index contributed by atoms with van der Waals surface area (Å²) >= 11 is 1.22. The van der Waals surface area contributed by atoms with Crippen LogP contribution in [-0.2, 0) is 4.74 Å². The van der Waals surface area contributed by atoms with Gasteiger partial charge in [0.25, 0.3) is 5.91 Å². The molecule has 1 heterocycles. The van der Waals surface area contributed by atoms with Gasteiger partial charge in [0.05, 0.1) is 19.4 Å². The van der Waals surface area contributed by atoms with Crippen molar-refractivity contribution < 1.29 is 23.5 Å². The third-order valence-corrected chi connectivity index (χ3v) is 4.58. The van der Waals surface area contributed by atoms with Crippen LogP contribution in [0.5, 0.6) is 5.75 Å². The molecule has 0 saturated heterocycles. The molecule has 0 fully saturated rings. The van der Waals surface area contributed by atoms with E-state index in [1.807, 2.05) is 0 Å². The number of ether oxygens (including phenoxy) is 2. The summed E-state index contributed by atoms with van der Waals surface area (Å²) in [7, 11) is 1.39. The average molecular weight is 415 g/mol. The molecule has 0 aliphatic heterocycles. The SMILES string of the molecule is CCOC(=O)Nc1cccc(C(=O)Nc2nc(-c3ccc(OC)c(F)c3)cs2)c1. The first-order valence-electron chi connectivity index (χ1n) is 8.64. The van der Waals surface area contributed by atoms with Gasteiger partial charge in [-0.25, -0.2) is 14.2 Å². The maximum Gasteiger partial charge on any atom is 0.411 e. The number of anilines is 2. The van der Waals surface area contributed by atoms with Crippen LogP contribution < -0.4 is 15.4 Å². The molecule has 2 aromatic carbocycles. The van der Waals surface area contributed by atoms with Gasteiger partial charge in [-0.05, 0) is 43.3 Å². The van der Waals surface area contributed by atoms with Crippen LogP contribution >= 0.6 is 11.3 Å². The van der Waals surface area contributed by atoms with Crippen LogP contribution in [0.2, 0.25) is 0 Å². The predicted octanol–water partition coefficient (Wildman–Crippen LogP) is 4.78. The lowest BCUT2D eigenvalue weighted by Crippen LogP contribution is -2.15. The van der Waals surface area contributed by atoms with E-state index in [0.717, 1.165) is 0 Å². The molecule has 0 atom stereocenters. The minimum Gasteiger partial charge on any atom is -0.494 e. The van der Waals surface area contributed by atoms with Gasteiger partial charge in [-0.1, -0.05) is 6.07 Å². The molecule has 0 aliphatic rings. The lowest BCUT2D eigenvalue weighted by molar-refractivity contribution is 0.102. The van der Waals surface area contributed by atoms with Crippen LogP contribution in [0, 0.1) is 5.82 Å². The largest absolute Gasteiger partial charge is 0.494 e. The van der Waals surface area contributed by atoms with Crippen LogP contribution in [0.3, 0.4) is 0 Å². The first-order chi connectivity index (χ1) is 14.0. The van der Waals surface area contributed by atoms with E-state index in [1.54, 1.807) is 36.6 Å². The summed E-state index contributed by atoms with van der Waals surface area (Å²) in [5.74, 6) is -0.734. The lowest BCUT2D eigenvalue weighted by atomic mass is 10.1. The number of rotatable bonds is 6. The predicted molar refractivity (Wildman–Crippen MR) is 109 cm³/mol. The number of hydrogen-bond acceptors (Lipinski definition) is 6. The smallest absolute Gasteiger partial charge is 0.411 e. The quantitative estimate of drug-likeness (QED) is 0.605. The van der Waals surface area contributed by atoms with E-state index in [4.69, 9.17) is 9.47 Å². The molecular weight excluding hydrogens is 397 g/mol. The fraction of sp³-hybridized carbons (Fsp3) is 0.150. The first-order valence-corrected chi connectivity index (χ1v) is 9.52. The molecule has 3 aromatic rings. The number of aromatic nitrogens is 1. The normalized spacial score (nSPS) is 10.3. The van der Waals surface area contributed by atoms with Crippen LogP contribution in [-0.4, -0.2) is 30.7 Å². The zero-order valence-corrected chi connectivity index (χ0v) is 16.5. The number of carbonyl (C=O) groups excluding carboxylic acids is 2. The van der Waals surface area contributed by atoms with Crippen molar-refractivity contribution in [3.05, 3.63) is 59.2 Å². The second-order valence-electron chi connectivity index (χ2n) is 5.77. The highest BCUT2D eigenvalue weighted by Crippen LogP contribution is 2.28. The second kappa shape index (κ2) is 9.16. The Morgan fingerprint density at radius 3 is 2.72 bits per heavy atom. The Labute approximate surface area is 170 Å². The van der Waals surface area contributed by atoms with Crippen LogP contribution in [0.4, 0.5) is 20.0 Å². The topological polar surface area (TPSA) is 89.5 Å². The van der Waals surface area contributed by atoms with E-state index in [2.05, 4.69) is 15.6 Å². The Kier molecular flexibility index (Phi) is 6.40. The molecule has 0 spiro atoms. The van der Waals surface area contributed by atoms with Crippen LogP contribution in [0.15, 0.2) is 47.8 Å². The average Bonchev–Trinajstić information content (AvgIpc) is 3.16. The standard InChI is InChI=1S/C20H18FN3O4S/c1-3-28-20(26)22-14-6-4-5-13(9-14)18(25)24-19-23-16(11-29-19)12-7-8-17(27-2)15(21)10-12/h4-11H,3H2,1-2H3,(H,22,26)(H,23,24,25). The maximum absolute atomic E-state index is 13.9. The van der Waals surface area contributed by atoms with Gasteiger partial charge >= 0.3 is 6.09 Å².